The summed E-state index contributed by atoms with van der Waals surface area (Å²) in [5, 5.41) is 36.1. The number of aliphatic hydroxyl groups excluding tert-OH is 2. The number of aromatic nitrogens is 1. The highest BCUT2D eigenvalue weighted by atomic mass is 16.7. The van der Waals surface area contributed by atoms with Crippen LogP contribution in [0.1, 0.15) is 91.1 Å². The Hall–Kier alpha value is -3.59. The van der Waals surface area contributed by atoms with E-state index in [1.807, 2.05) is 53.7 Å². The van der Waals surface area contributed by atoms with E-state index in [1.54, 1.807) is 24.4 Å². The molecule has 2 bridgehead atoms. The van der Waals surface area contributed by atoms with Crippen LogP contribution >= 0.6 is 0 Å². The second-order valence-corrected chi connectivity index (χ2v) is 17.0. The van der Waals surface area contributed by atoms with Crippen LogP contribution in [0.15, 0.2) is 65.4 Å². The molecular formula is C43H59NO12. The van der Waals surface area contributed by atoms with E-state index in [1.165, 1.54) is 6.08 Å². The van der Waals surface area contributed by atoms with Gasteiger partial charge in [0.05, 0.1) is 24.7 Å². The fourth-order valence-electron chi connectivity index (χ4n) is 8.88. The summed E-state index contributed by atoms with van der Waals surface area (Å²) in [5.41, 5.74) is -0.108. The maximum absolute atomic E-state index is 14.5. The van der Waals surface area contributed by atoms with Gasteiger partial charge in [-0.25, -0.2) is 4.79 Å². The molecule has 1 aliphatic carbocycles. The third-order valence-corrected chi connectivity index (χ3v) is 12.0. The molecule has 3 fully saturated rings. The molecule has 13 nitrogen and oxygen atoms in total. The first-order valence-electron chi connectivity index (χ1n) is 20.0. The van der Waals surface area contributed by atoms with Gasteiger partial charge < -0.3 is 48.7 Å². The fraction of sp³-hybridized carbons (Fsp3) is 0.651. The van der Waals surface area contributed by atoms with Crippen molar-refractivity contribution in [3.8, 4) is 0 Å². The number of aliphatic hydroxyl groups is 3. The number of allylic oxidation sites excluding steroid dienone is 4. The van der Waals surface area contributed by atoms with Crippen molar-refractivity contribution < 1.29 is 58.1 Å². The standard InChI is InChI=1S/C43H59NO12/c1-23(2)16-26(5)39(47)54-36-27(6)28(7)55-42(37(36)46)20-32-19-31(56-42)14-13-25(4)17-24(3)10-8-11-30-22-51-38-35(45)29(18-33(40(48)53-32)43(30,38)50)21-52-41(49)34-12-9-15-44-34/h8-13,15,18,23-24,26-28,31-33,35-38,44-46,50H,14,16-17,19-22H2,1-7H3/b10-8-,25-13-,30-11-/t24-,26+,27+,28+,31+,32-,33-,35+,36-,37+,38+,42+,43+/m0/s1. The average Bonchev–Trinajstić information content (AvgIpc) is 3.80. The van der Waals surface area contributed by atoms with Gasteiger partial charge in [0, 0.05) is 25.0 Å². The minimum Gasteiger partial charge on any atom is -0.462 e. The van der Waals surface area contributed by atoms with Gasteiger partial charge in [-0.15, -0.1) is 0 Å². The molecule has 13 atom stereocenters. The predicted octanol–water partition coefficient (Wildman–Crippen LogP) is 4.87. The van der Waals surface area contributed by atoms with Crippen molar-refractivity contribution in [2.24, 2.45) is 29.6 Å². The molecule has 4 aliphatic heterocycles. The molecule has 308 valence electrons. The largest absolute Gasteiger partial charge is 0.462 e. The summed E-state index contributed by atoms with van der Waals surface area (Å²) in [7, 11) is 0. The lowest BCUT2D eigenvalue weighted by molar-refractivity contribution is -0.383. The number of ether oxygens (including phenoxy) is 6. The number of esters is 3. The highest BCUT2D eigenvalue weighted by Gasteiger charge is 2.62. The first kappa shape index (κ1) is 42.0. The second kappa shape index (κ2) is 17.1. The van der Waals surface area contributed by atoms with E-state index in [0.717, 1.165) is 12.0 Å². The molecule has 3 saturated heterocycles. The molecular weight excluding hydrogens is 722 g/mol. The zero-order valence-electron chi connectivity index (χ0n) is 33.5. The average molecular weight is 782 g/mol. The summed E-state index contributed by atoms with van der Waals surface area (Å²) in [5.74, 6) is -5.30. The quantitative estimate of drug-likeness (QED) is 0.168. The topological polar surface area (TPSA) is 183 Å². The molecule has 56 heavy (non-hydrogen) atoms. The molecule has 4 N–H and O–H groups in total. The van der Waals surface area contributed by atoms with E-state index in [-0.39, 0.29) is 61.0 Å². The van der Waals surface area contributed by atoms with Crippen molar-refractivity contribution in [1.82, 2.24) is 4.98 Å². The van der Waals surface area contributed by atoms with E-state index in [0.29, 0.717) is 18.4 Å². The van der Waals surface area contributed by atoms with E-state index in [2.05, 4.69) is 18.0 Å². The number of carbonyl (C=O) groups excluding carboxylic acids is 3. The first-order chi connectivity index (χ1) is 26.5. The highest BCUT2D eigenvalue weighted by Crippen LogP contribution is 2.48. The summed E-state index contributed by atoms with van der Waals surface area (Å²) in [6, 6.07) is 3.20. The number of fused-ring (bicyclic) bond motifs is 2. The maximum Gasteiger partial charge on any atom is 0.355 e. The van der Waals surface area contributed by atoms with Gasteiger partial charge in [0.15, 0.2) is 0 Å². The van der Waals surface area contributed by atoms with Crippen LogP contribution in [0, 0.1) is 29.6 Å². The van der Waals surface area contributed by atoms with Gasteiger partial charge in [-0.3, -0.25) is 9.59 Å². The van der Waals surface area contributed by atoms with Crippen LogP contribution in [0.2, 0.25) is 0 Å². The Labute approximate surface area is 329 Å². The van der Waals surface area contributed by atoms with Crippen LogP contribution in [0.4, 0.5) is 0 Å². The predicted molar refractivity (Wildman–Crippen MR) is 204 cm³/mol. The van der Waals surface area contributed by atoms with E-state index < -0.39 is 77.9 Å². The van der Waals surface area contributed by atoms with Crippen molar-refractivity contribution in [1.29, 1.82) is 0 Å². The third kappa shape index (κ3) is 8.63. The smallest absolute Gasteiger partial charge is 0.355 e. The minimum atomic E-state index is -2.00. The molecule has 0 unspecified atom stereocenters. The molecule has 13 heteroatoms. The number of nitrogens with one attached hydrogen (secondary N) is 1. The van der Waals surface area contributed by atoms with Crippen LogP contribution in [0.5, 0.6) is 0 Å². The normalized spacial score (nSPS) is 40.6. The van der Waals surface area contributed by atoms with Gasteiger partial charge in [-0.1, -0.05) is 70.6 Å². The van der Waals surface area contributed by atoms with Crippen molar-refractivity contribution in [3.63, 3.8) is 0 Å². The first-order valence-corrected chi connectivity index (χ1v) is 20.0. The number of aromatic amines is 1. The molecule has 0 amide bonds. The van der Waals surface area contributed by atoms with Gasteiger partial charge in [0.1, 0.15) is 54.3 Å². The molecule has 6 rings (SSSR count). The lowest BCUT2D eigenvalue weighted by Crippen LogP contribution is -2.67. The fourth-order valence-corrected chi connectivity index (χ4v) is 8.88. The number of H-pyrrole nitrogens is 1. The Balaban J connectivity index is 1.35. The lowest BCUT2D eigenvalue weighted by atomic mass is 9.70. The molecule has 1 spiro atoms. The molecule has 5 heterocycles. The van der Waals surface area contributed by atoms with Crippen molar-refractivity contribution in [3.05, 3.63) is 71.1 Å². The highest BCUT2D eigenvalue weighted by molar-refractivity contribution is 5.87. The Morgan fingerprint density at radius 2 is 1.88 bits per heavy atom. The monoisotopic (exact) mass is 781 g/mol. The Kier molecular flexibility index (Phi) is 12.8. The molecule has 1 aromatic rings. The van der Waals surface area contributed by atoms with Crippen molar-refractivity contribution >= 4 is 17.9 Å². The maximum atomic E-state index is 14.5. The third-order valence-electron chi connectivity index (χ3n) is 12.0. The zero-order chi connectivity index (χ0) is 40.5. The Morgan fingerprint density at radius 3 is 2.59 bits per heavy atom. The van der Waals surface area contributed by atoms with Crippen LogP contribution < -0.4 is 0 Å². The minimum absolute atomic E-state index is 0.0580. The van der Waals surface area contributed by atoms with Crippen LogP contribution in [0.3, 0.4) is 0 Å². The molecule has 0 saturated carbocycles. The molecule has 5 aliphatic rings. The SMILES string of the molecule is C/C1=C/C[C@@H]2C[C@@H](C[C@]3(O2)O[C@H](C)[C@@H](C)[C@H](OC(=O)[C@H](C)CC(C)C)[C@H]3O)OC(=O)[C@@H]2C=C(COC(=O)c3ccc[nH]3)[C@@H](O)[C@H]3OC/C(=C/C=C\[C@H](C)C1)[C@]32O. The van der Waals surface area contributed by atoms with Gasteiger partial charge >= 0.3 is 17.9 Å². The van der Waals surface area contributed by atoms with Gasteiger partial charge in [0.25, 0.3) is 0 Å². The molecule has 0 radical (unpaired) electrons. The summed E-state index contributed by atoms with van der Waals surface area (Å²) >= 11 is 0. The number of hydrogen-bond acceptors (Lipinski definition) is 12. The summed E-state index contributed by atoms with van der Waals surface area (Å²) in [4.78, 5) is 43.3. The van der Waals surface area contributed by atoms with Crippen molar-refractivity contribution in [2.45, 2.75) is 135 Å². The summed E-state index contributed by atoms with van der Waals surface area (Å²) < 4.78 is 37.0. The van der Waals surface area contributed by atoms with Gasteiger partial charge in [0.2, 0.25) is 5.79 Å². The lowest BCUT2D eigenvalue weighted by Gasteiger charge is -2.53. The van der Waals surface area contributed by atoms with Gasteiger partial charge in [-0.2, -0.15) is 0 Å². The Bertz CT molecular complexity index is 1710. The van der Waals surface area contributed by atoms with Crippen LogP contribution in [-0.2, 0) is 38.0 Å². The summed E-state index contributed by atoms with van der Waals surface area (Å²) in [6.07, 6.45) is 5.65. The van der Waals surface area contributed by atoms with Gasteiger partial charge in [-0.05, 0) is 68.2 Å². The van der Waals surface area contributed by atoms with Crippen molar-refractivity contribution in [2.75, 3.05) is 13.2 Å². The Morgan fingerprint density at radius 1 is 1.11 bits per heavy atom. The summed E-state index contributed by atoms with van der Waals surface area (Å²) in [6.45, 7) is 13.3. The van der Waals surface area contributed by atoms with E-state index in [9.17, 15) is 29.7 Å². The molecule has 1 aromatic heterocycles. The van der Waals surface area contributed by atoms with E-state index in [4.69, 9.17) is 28.4 Å². The van der Waals surface area contributed by atoms with Crippen LogP contribution in [0.25, 0.3) is 0 Å². The molecule has 0 aromatic carbocycles. The number of carbonyl (C=O) groups is 3. The van der Waals surface area contributed by atoms with Crippen LogP contribution in [-0.4, -0.2) is 106 Å². The second-order valence-electron chi connectivity index (χ2n) is 17.0. The number of rotatable bonds is 7. The number of hydrogen-bond donors (Lipinski definition) is 4. The van der Waals surface area contributed by atoms with E-state index >= 15 is 0 Å². The zero-order valence-corrected chi connectivity index (χ0v) is 33.5.